The minimum absolute atomic E-state index is 0.0938. The lowest BCUT2D eigenvalue weighted by Crippen LogP contribution is -2.50. The molecule has 23 heavy (non-hydrogen) atoms. The molecule has 0 aliphatic carbocycles. The van der Waals surface area contributed by atoms with E-state index in [0.717, 1.165) is 33.5 Å². The Morgan fingerprint density at radius 1 is 1.26 bits per heavy atom. The monoisotopic (exact) mass is 374 g/mol. The zero-order valence-corrected chi connectivity index (χ0v) is 14.8. The van der Waals surface area contributed by atoms with Crippen molar-refractivity contribution in [3.05, 3.63) is 58.1 Å². The van der Waals surface area contributed by atoms with Gasteiger partial charge < -0.3 is 15.4 Å². The number of amides is 1. The lowest BCUT2D eigenvalue weighted by atomic mass is 9.91. The van der Waals surface area contributed by atoms with E-state index in [9.17, 15) is 4.79 Å². The van der Waals surface area contributed by atoms with Crippen LogP contribution in [0.1, 0.15) is 18.1 Å². The zero-order valence-electron chi connectivity index (χ0n) is 13.2. The summed E-state index contributed by atoms with van der Waals surface area (Å²) in [5.41, 5.74) is 8.16. The lowest BCUT2D eigenvalue weighted by molar-refractivity contribution is -0.123. The number of hydrogen-bond acceptors (Lipinski definition) is 3. The second-order valence-electron chi connectivity index (χ2n) is 5.91. The molecule has 2 aromatic rings. The molecule has 0 bridgehead atoms. The molecule has 2 N–H and O–H groups in total. The maximum atomic E-state index is 13.0. The van der Waals surface area contributed by atoms with Crippen LogP contribution in [0, 0.1) is 0 Å². The Labute approximate surface area is 144 Å². The molecule has 3 rings (SSSR count). The number of anilines is 1. The first-order valence-electron chi connectivity index (χ1n) is 7.47. The van der Waals surface area contributed by atoms with Gasteiger partial charge in [0.15, 0.2) is 0 Å². The van der Waals surface area contributed by atoms with Crippen LogP contribution in [0.2, 0.25) is 0 Å². The highest BCUT2D eigenvalue weighted by Crippen LogP contribution is 2.34. The summed E-state index contributed by atoms with van der Waals surface area (Å²) < 4.78 is 6.21. The van der Waals surface area contributed by atoms with E-state index < -0.39 is 5.54 Å². The molecular weight excluding hydrogens is 356 g/mol. The number of halogens is 1. The van der Waals surface area contributed by atoms with E-state index in [2.05, 4.69) is 15.9 Å². The predicted octanol–water partition coefficient (Wildman–Crippen LogP) is 3.22. The Morgan fingerprint density at radius 3 is 2.61 bits per heavy atom. The van der Waals surface area contributed by atoms with Crippen molar-refractivity contribution in [2.75, 3.05) is 18.6 Å². The first-order chi connectivity index (χ1) is 10.9. The number of methoxy groups -OCH3 is 1. The number of fused-ring (bicyclic) bond motifs is 1. The Bertz CT molecular complexity index is 741. The first kappa shape index (κ1) is 16.0. The Hall–Kier alpha value is -1.85. The highest BCUT2D eigenvalue weighted by atomic mass is 79.9. The lowest BCUT2D eigenvalue weighted by Gasteiger charge is -2.30. The topological polar surface area (TPSA) is 55.6 Å². The number of carbonyl (C=O) groups is 1. The summed E-state index contributed by atoms with van der Waals surface area (Å²) in [6.07, 6.45) is 0.814. The number of rotatable bonds is 3. The summed E-state index contributed by atoms with van der Waals surface area (Å²) in [6.45, 7) is 2.41. The number of nitrogens with zero attached hydrogens (tertiary/aromatic N) is 1. The molecule has 0 radical (unpaired) electrons. The van der Waals surface area contributed by atoms with Crippen molar-refractivity contribution in [1.82, 2.24) is 0 Å². The van der Waals surface area contributed by atoms with E-state index in [4.69, 9.17) is 10.5 Å². The van der Waals surface area contributed by atoms with Gasteiger partial charge in [0.25, 0.3) is 5.91 Å². The van der Waals surface area contributed by atoms with Crippen molar-refractivity contribution < 1.29 is 9.53 Å². The summed E-state index contributed by atoms with van der Waals surface area (Å²) in [6, 6.07) is 13.3. The molecule has 2 aromatic carbocycles. The molecule has 0 saturated heterocycles. The summed E-state index contributed by atoms with van der Waals surface area (Å²) in [7, 11) is 1.64. The van der Waals surface area contributed by atoms with Crippen molar-refractivity contribution in [1.29, 1.82) is 0 Å². The van der Waals surface area contributed by atoms with Gasteiger partial charge in [-0.15, -0.1) is 0 Å². The van der Waals surface area contributed by atoms with Crippen LogP contribution in [0.25, 0.3) is 0 Å². The minimum atomic E-state index is -1.07. The standard InChI is InChI=1S/C18H19BrN2O2/c1-18(20,13-3-5-14(19)6-4-13)17(22)21-10-9-12-11-15(23-2)7-8-16(12)21/h3-8,11H,9-10,20H2,1-2H3. The molecule has 0 spiro atoms. The second kappa shape index (κ2) is 5.98. The fourth-order valence-electron chi connectivity index (χ4n) is 2.92. The van der Waals surface area contributed by atoms with Gasteiger partial charge in [0.1, 0.15) is 11.3 Å². The zero-order chi connectivity index (χ0) is 16.6. The highest BCUT2D eigenvalue weighted by Gasteiger charge is 2.37. The van der Waals surface area contributed by atoms with E-state index in [-0.39, 0.29) is 5.91 Å². The SMILES string of the molecule is COc1ccc2c(c1)CCN2C(=O)C(C)(N)c1ccc(Br)cc1. The smallest absolute Gasteiger partial charge is 0.251 e. The number of carbonyl (C=O) groups excluding carboxylic acids is 1. The fraction of sp³-hybridized carbons (Fsp3) is 0.278. The second-order valence-corrected chi connectivity index (χ2v) is 6.83. The molecule has 1 aliphatic rings. The van der Waals surface area contributed by atoms with Gasteiger partial charge in [-0.2, -0.15) is 0 Å². The average molecular weight is 375 g/mol. The molecule has 5 heteroatoms. The van der Waals surface area contributed by atoms with Gasteiger partial charge in [0, 0.05) is 16.7 Å². The molecule has 1 unspecified atom stereocenters. The number of ether oxygens (including phenoxy) is 1. The van der Waals surface area contributed by atoms with Crippen molar-refractivity contribution in [3.63, 3.8) is 0 Å². The molecular formula is C18H19BrN2O2. The van der Waals surface area contributed by atoms with Gasteiger partial charge in [-0.1, -0.05) is 28.1 Å². The third kappa shape index (κ3) is 2.86. The average Bonchev–Trinajstić information content (AvgIpc) is 2.97. The molecule has 0 saturated carbocycles. The largest absolute Gasteiger partial charge is 0.497 e. The Morgan fingerprint density at radius 2 is 1.96 bits per heavy atom. The normalized spacial score (nSPS) is 15.9. The van der Waals surface area contributed by atoms with Crippen LogP contribution in [-0.2, 0) is 16.8 Å². The van der Waals surface area contributed by atoms with E-state index in [1.807, 2.05) is 42.5 Å². The number of hydrogen-bond donors (Lipinski definition) is 1. The number of benzene rings is 2. The van der Waals surface area contributed by atoms with Crippen molar-refractivity contribution in [3.8, 4) is 5.75 Å². The predicted molar refractivity (Wildman–Crippen MR) is 94.7 cm³/mol. The van der Waals surface area contributed by atoms with Crippen LogP contribution < -0.4 is 15.4 Å². The highest BCUT2D eigenvalue weighted by molar-refractivity contribution is 9.10. The van der Waals surface area contributed by atoms with Gasteiger partial charge >= 0.3 is 0 Å². The van der Waals surface area contributed by atoms with Gasteiger partial charge in [-0.3, -0.25) is 4.79 Å². The Balaban J connectivity index is 1.91. The summed E-state index contributed by atoms with van der Waals surface area (Å²) in [5, 5.41) is 0. The van der Waals surface area contributed by atoms with Gasteiger partial charge in [0.05, 0.1) is 7.11 Å². The maximum absolute atomic E-state index is 13.0. The molecule has 4 nitrogen and oxygen atoms in total. The van der Waals surface area contributed by atoms with Crippen molar-refractivity contribution in [2.45, 2.75) is 18.9 Å². The van der Waals surface area contributed by atoms with Crippen LogP contribution >= 0.6 is 15.9 Å². The molecule has 0 fully saturated rings. The summed E-state index contributed by atoms with van der Waals surface area (Å²) >= 11 is 3.40. The molecule has 1 atom stereocenters. The van der Waals surface area contributed by atoms with Gasteiger partial charge in [-0.05, 0) is 54.8 Å². The van der Waals surface area contributed by atoms with Crippen LogP contribution in [0.15, 0.2) is 46.9 Å². The van der Waals surface area contributed by atoms with E-state index in [0.29, 0.717) is 6.54 Å². The summed E-state index contributed by atoms with van der Waals surface area (Å²) in [5.74, 6) is 0.713. The number of nitrogens with two attached hydrogens (primary N) is 1. The Kier molecular flexibility index (Phi) is 4.17. The quantitative estimate of drug-likeness (QED) is 0.896. The third-order valence-electron chi connectivity index (χ3n) is 4.32. The minimum Gasteiger partial charge on any atom is -0.497 e. The molecule has 120 valence electrons. The van der Waals surface area contributed by atoms with E-state index in [1.54, 1.807) is 18.9 Å². The van der Waals surface area contributed by atoms with Crippen LogP contribution in [-0.4, -0.2) is 19.6 Å². The van der Waals surface area contributed by atoms with Gasteiger partial charge in [0.2, 0.25) is 0 Å². The van der Waals surface area contributed by atoms with Crippen molar-refractivity contribution in [2.24, 2.45) is 5.73 Å². The van der Waals surface area contributed by atoms with Crippen LogP contribution in [0.3, 0.4) is 0 Å². The van der Waals surface area contributed by atoms with Crippen LogP contribution in [0.4, 0.5) is 5.69 Å². The molecule has 1 heterocycles. The maximum Gasteiger partial charge on any atom is 0.251 e. The molecule has 1 amide bonds. The first-order valence-corrected chi connectivity index (χ1v) is 8.26. The summed E-state index contributed by atoms with van der Waals surface area (Å²) in [4.78, 5) is 14.8. The fourth-order valence-corrected chi connectivity index (χ4v) is 3.18. The third-order valence-corrected chi connectivity index (χ3v) is 4.84. The van der Waals surface area contributed by atoms with E-state index >= 15 is 0 Å². The molecule has 0 aromatic heterocycles. The molecule has 1 aliphatic heterocycles. The van der Waals surface area contributed by atoms with E-state index in [1.165, 1.54) is 0 Å². The van der Waals surface area contributed by atoms with Gasteiger partial charge in [-0.25, -0.2) is 0 Å². The van der Waals surface area contributed by atoms with Crippen LogP contribution in [0.5, 0.6) is 5.75 Å². The van der Waals surface area contributed by atoms with Crippen molar-refractivity contribution >= 4 is 27.5 Å².